The molecule has 0 aliphatic carbocycles. The van der Waals surface area contributed by atoms with Crippen LogP contribution in [0.5, 0.6) is 0 Å². The fourth-order valence-corrected chi connectivity index (χ4v) is 9.73. The molecule has 0 saturated heterocycles. The van der Waals surface area contributed by atoms with Crippen LogP contribution in [-0.2, 0) is 0 Å². The summed E-state index contributed by atoms with van der Waals surface area (Å²) in [6.07, 6.45) is 0. The van der Waals surface area contributed by atoms with E-state index < -0.39 is 0 Å². The standard InChI is InChI=1S/C62H43N3/c1-6-18-44(19-7-1)46-30-35-52(36-31-46)63(49-23-10-3-11-24-49)54-39-40-56-57(42-54)59(64(50-25-12-4-13-26-50)53-37-32-47(33-38-53)45-20-8-2-9-21-45)43-60-62(56)61-55-29-17-16-22-48(55)34-41-58(61)65(60)51-27-14-5-15-28-51/h1-43H. The van der Waals surface area contributed by atoms with Gasteiger partial charge in [-0.3, -0.25) is 0 Å². The van der Waals surface area contributed by atoms with Gasteiger partial charge in [0.15, 0.2) is 0 Å². The van der Waals surface area contributed by atoms with Crippen molar-refractivity contribution in [3.8, 4) is 27.9 Å². The predicted molar refractivity (Wildman–Crippen MR) is 276 cm³/mol. The van der Waals surface area contributed by atoms with Gasteiger partial charge in [0.1, 0.15) is 0 Å². The highest BCUT2D eigenvalue weighted by Crippen LogP contribution is 2.49. The van der Waals surface area contributed by atoms with Crippen molar-refractivity contribution in [2.75, 3.05) is 9.80 Å². The van der Waals surface area contributed by atoms with Crippen LogP contribution in [0, 0.1) is 0 Å². The third kappa shape index (κ3) is 6.78. The average molecular weight is 830 g/mol. The number of nitrogens with zero attached hydrogens (tertiary/aromatic N) is 3. The number of aromatic nitrogens is 1. The smallest absolute Gasteiger partial charge is 0.0568 e. The van der Waals surface area contributed by atoms with Gasteiger partial charge in [-0.05, 0) is 123 Å². The zero-order chi connectivity index (χ0) is 43.1. The van der Waals surface area contributed by atoms with Crippen LogP contribution >= 0.6 is 0 Å². The zero-order valence-electron chi connectivity index (χ0n) is 35.7. The second-order valence-corrected chi connectivity index (χ2v) is 16.5. The maximum Gasteiger partial charge on any atom is 0.0568 e. The van der Waals surface area contributed by atoms with Gasteiger partial charge in [-0.2, -0.15) is 0 Å². The van der Waals surface area contributed by atoms with Gasteiger partial charge in [-0.25, -0.2) is 0 Å². The van der Waals surface area contributed by atoms with E-state index in [1.807, 2.05) is 0 Å². The zero-order valence-corrected chi connectivity index (χ0v) is 35.7. The Hall–Kier alpha value is -8.66. The third-order valence-corrected chi connectivity index (χ3v) is 12.7. The Balaban J connectivity index is 1.17. The molecule has 65 heavy (non-hydrogen) atoms. The summed E-state index contributed by atoms with van der Waals surface area (Å²) in [5.41, 5.74) is 14.7. The minimum Gasteiger partial charge on any atom is -0.310 e. The fraction of sp³-hybridized carbons (Fsp3) is 0. The first-order chi connectivity index (χ1) is 32.3. The molecule has 1 aromatic heterocycles. The van der Waals surface area contributed by atoms with Crippen molar-refractivity contribution < 1.29 is 0 Å². The van der Waals surface area contributed by atoms with Crippen LogP contribution in [0.3, 0.4) is 0 Å². The van der Waals surface area contributed by atoms with E-state index in [9.17, 15) is 0 Å². The Morgan fingerprint density at radius 1 is 0.262 bits per heavy atom. The molecule has 12 aromatic rings. The first-order valence-electron chi connectivity index (χ1n) is 22.3. The van der Waals surface area contributed by atoms with Gasteiger partial charge < -0.3 is 14.4 Å². The number of fused-ring (bicyclic) bond motifs is 7. The van der Waals surface area contributed by atoms with E-state index in [0.29, 0.717) is 0 Å². The van der Waals surface area contributed by atoms with Crippen molar-refractivity contribution >= 4 is 77.5 Å². The van der Waals surface area contributed by atoms with E-state index >= 15 is 0 Å². The van der Waals surface area contributed by atoms with Gasteiger partial charge in [0, 0.05) is 50.3 Å². The number of hydrogen-bond donors (Lipinski definition) is 0. The molecule has 0 fully saturated rings. The Morgan fingerprint density at radius 2 is 0.708 bits per heavy atom. The molecule has 0 radical (unpaired) electrons. The quantitative estimate of drug-likeness (QED) is 0.144. The second kappa shape index (κ2) is 16.2. The van der Waals surface area contributed by atoms with E-state index in [2.05, 4.69) is 275 Å². The number of anilines is 6. The van der Waals surface area contributed by atoms with E-state index in [4.69, 9.17) is 0 Å². The number of benzene rings is 11. The van der Waals surface area contributed by atoms with Crippen LogP contribution in [0.4, 0.5) is 34.1 Å². The lowest BCUT2D eigenvalue weighted by molar-refractivity contribution is 1.18. The highest BCUT2D eigenvalue weighted by molar-refractivity contribution is 6.30. The Bertz CT molecular complexity index is 3600. The van der Waals surface area contributed by atoms with Crippen LogP contribution < -0.4 is 9.80 Å². The Morgan fingerprint density at radius 3 is 1.31 bits per heavy atom. The first kappa shape index (κ1) is 38.0. The maximum absolute atomic E-state index is 2.46. The third-order valence-electron chi connectivity index (χ3n) is 12.7. The topological polar surface area (TPSA) is 11.4 Å². The lowest BCUT2D eigenvalue weighted by Crippen LogP contribution is -2.12. The molecule has 0 atom stereocenters. The van der Waals surface area contributed by atoms with Gasteiger partial charge in [0.05, 0.1) is 16.7 Å². The molecule has 3 nitrogen and oxygen atoms in total. The minimum absolute atomic E-state index is 1.07. The van der Waals surface area contributed by atoms with Gasteiger partial charge >= 0.3 is 0 Å². The minimum atomic E-state index is 1.07. The van der Waals surface area contributed by atoms with Crippen molar-refractivity contribution in [3.05, 3.63) is 261 Å². The summed E-state index contributed by atoms with van der Waals surface area (Å²) in [7, 11) is 0. The summed E-state index contributed by atoms with van der Waals surface area (Å²) in [6, 6.07) is 94.4. The van der Waals surface area contributed by atoms with Gasteiger partial charge in [-0.15, -0.1) is 0 Å². The monoisotopic (exact) mass is 829 g/mol. The van der Waals surface area contributed by atoms with E-state index in [1.54, 1.807) is 0 Å². The normalized spacial score (nSPS) is 11.4. The van der Waals surface area contributed by atoms with Crippen molar-refractivity contribution in [2.24, 2.45) is 0 Å². The molecule has 306 valence electrons. The van der Waals surface area contributed by atoms with Gasteiger partial charge in [-0.1, -0.05) is 176 Å². The summed E-state index contributed by atoms with van der Waals surface area (Å²) >= 11 is 0. The summed E-state index contributed by atoms with van der Waals surface area (Å²) in [5, 5.41) is 7.28. The highest BCUT2D eigenvalue weighted by atomic mass is 15.2. The first-order valence-corrected chi connectivity index (χ1v) is 22.3. The molecule has 0 aliphatic heterocycles. The summed E-state index contributed by atoms with van der Waals surface area (Å²) in [6.45, 7) is 0. The second-order valence-electron chi connectivity index (χ2n) is 16.5. The van der Waals surface area contributed by atoms with Crippen molar-refractivity contribution in [1.29, 1.82) is 0 Å². The van der Waals surface area contributed by atoms with Crippen LogP contribution in [-0.4, -0.2) is 4.57 Å². The lowest BCUT2D eigenvalue weighted by atomic mass is 9.97. The number of hydrogen-bond acceptors (Lipinski definition) is 2. The Labute approximate surface area is 378 Å². The molecule has 0 spiro atoms. The van der Waals surface area contributed by atoms with Crippen molar-refractivity contribution in [2.45, 2.75) is 0 Å². The lowest BCUT2D eigenvalue weighted by Gasteiger charge is -2.29. The van der Waals surface area contributed by atoms with E-state index in [-0.39, 0.29) is 0 Å². The molecule has 3 heteroatoms. The molecule has 0 N–H and O–H groups in total. The van der Waals surface area contributed by atoms with Crippen molar-refractivity contribution in [1.82, 2.24) is 4.57 Å². The van der Waals surface area contributed by atoms with Crippen LogP contribution in [0.15, 0.2) is 261 Å². The number of para-hydroxylation sites is 3. The predicted octanol–water partition coefficient (Wildman–Crippen LogP) is 17.4. The largest absolute Gasteiger partial charge is 0.310 e. The maximum atomic E-state index is 2.46. The van der Waals surface area contributed by atoms with Gasteiger partial charge in [0.2, 0.25) is 0 Å². The van der Waals surface area contributed by atoms with Crippen LogP contribution in [0.1, 0.15) is 0 Å². The molecule has 0 aliphatic rings. The molecular formula is C62H43N3. The van der Waals surface area contributed by atoms with Crippen LogP contribution in [0.2, 0.25) is 0 Å². The number of rotatable bonds is 9. The molecule has 0 bridgehead atoms. The van der Waals surface area contributed by atoms with Gasteiger partial charge in [0.25, 0.3) is 0 Å². The average Bonchev–Trinajstić information content (AvgIpc) is 3.73. The molecular weight excluding hydrogens is 787 g/mol. The van der Waals surface area contributed by atoms with E-state index in [0.717, 1.165) is 50.7 Å². The molecule has 1 heterocycles. The summed E-state index contributed by atoms with van der Waals surface area (Å²) < 4.78 is 2.46. The molecule has 0 amide bonds. The SMILES string of the molecule is c1ccc(-c2ccc(N(c3ccccc3)c3ccc4c(c3)c(N(c3ccccc3)c3ccc(-c5ccccc5)cc3)cc3c4c4c5ccccc5ccc4n3-c3ccccc3)cc2)cc1. The Kier molecular flexibility index (Phi) is 9.50. The van der Waals surface area contributed by atoms with Crippen LogP contribution in [0.25, 0.3) is 71.3 Å². The fourth-order valence-electron chi connectivity index (χ4n) is 9.73. The molecule has 0 saturated carbocycles. The molecule has 11 aromatic carbocycles. The molecule has 0 unspecified atom stereocenters. The highest BCUT2D eigenvalue weighted by Gasteiger charge is 2.24. The van der Waals surface area contributed by atoms with E-state index in [1.165, 1.54) is 54.7 Å². The van der Waals surface area contributed by atoms with Crippen molar-refractivity contribution in [3.63, 3.8) is 0 Å². The summed E-state index contributed by atoms with van der Waals surface area (Å²) in [4.78, 5) is 4.82. The molecule has 12 rings (SSSR count). The summed E-state index contributed by atoms with van der Waals surface area (Å²) in [5.74, 6) is 0.